The standard InChI is InChI=1S/C17H12N2O2/c1-19-16-12-4-2-3-5-13(12)17(21)14(16)15(18-19)10-6-8-11(20)9-7-10/h2-9,20H,1H3. The monoisotopic (exact) mass is 276 g/mol. The van der Waals surface area contributed by atoms with E-state index in [1.807, 2.05) is 31.3 Å². The molecule has 3 aromatic rings. The van der Waals surface area contributed by atoms with Crippen LogP contribution in [0.2, 0.25) is 0 Å². The summed E-state index contributed by atoms with van der Waals surface area (Å²) in [5, 5.41) is 13.9. The van der Waals surface area contributed by atoms with Crippen molar-refractivity contribution in [3.05, 3.63) is 59.7 Å². The Morgan fingerprint density at radius 2 is 1.67 bits per heavy atom. The Morgan fingerprint density at radius 3 is 2.38 bits per heavy atom. The topological polar surface area (TPSA) is 55.1 Å². The minimum atomic E-state index is 0.0109. The van der Waals surface area contributed by atoms with Gasteiger partial charge in [0.1, 0.15) is 11.4 Å². The van der Waals surface area contributed by atoms with Crippen LogP contribution in [0.25, 0.3) is 22.5 Å². The van der Waals surface area contributed by atoms with Crippen LogP contribution in [0.3, 0.4) is 0 Å². The molecule has 0 aliphatic heterocycles. The first-order chi connectivity index (χ1) is 10.2. The Labute approximate surface area is 121 Å². The molecule has 0 amide bonds. The van der Waals surface area contributed by atoms with Crippen LogP contribution in [0.5, 0.6) is 5.75 Å². The number of ketones is 1. The number of carbonyl (C=O) groups excluding carboxylic acids is 1. The molecule has 1 aliphatic carbocycles. The maximum Gasteiger partial charge on any atom is 0.198 e. The molecule has 0 fully saturated rings. The number of nitrogens with zero attached hydrogens (tertiary/aromatic N) is 2. The molecular weight excluding hydrogens is 264 g/mol. The Kier molecular flexibility index (Phi) is 2.30. The van der Waals surface area contributed by atoms with Crippen molar-refractivity contribution in [3.8, 4) is 28.3 Å². The van der Waals surface area contributed by atoms with Gasteiger partial charge in [0, 0.05) is 23.7 Å². The Hall–Kier alpha value is -2.88. The minimum Gasteiger partial charge on any atom is -0.508 e. The maximum atomic E-state index is 12.7. The number of hydrogen-bond donors (Lipinski definition) is 1. The van der Waals surface area contributed by atoms with E-state index in [1.165, 1.54) is 0 Å². The number of aromatic nitrogens is 2. The SMILES string of the molecule is Cn1nc(-c2ccc(O)cc2)c2c1-c1ccccc1C2=O. The Bertz CT molecular complexity index is 876. The van der Waals surface area contributed by atoms with Crippen molar-refractivity contribution < 1.29 is 9.90 Å². The van der Waals surface area contributed by atoms with Gasteiger partial charge in [-0.05, 0) is 24.3 Å². The van der Waals surface area contributed by atoms with Crippen molar-refractivity contribution in [2.75, 3.05) is 0 Å². The molecule has 1 aliphatic rings. The zero-order chi connectivity index (χ0) is 14.6. The van der Waals surface area contributed by atoms with Gasteiger partial charge in [0.2, 0.25) is 0 Å². The van der Waals surface area contributed by atoms with Gasteiger partial charge < -0.3 is 5.11 Å². The zero-order valence-electron chi connectivity index (χ0n) is 11.4. The molecule has 2 aromatic carbocycles. The van der Waals surface area contributed by atoms with Gasteiger partial charge in [-0.2, -0.15) is 5.10 Å². The number of carbonyl (C=O) groups is 1. The molecule has 0 saturated heterocycles. The van der Waals surface area contributed by atoms with E-state index in [0.717, 1.165) is 22.4 Å². The van der Waals surface area contributed by atoms with Crippen molar-refractivity contribution in [3.63, 3.8) is 0 Å². The van der Waals surface area contributed by atoms with E-state index in [1.54, 1.807) is 28.9 Å². The molecule has 4 rings (SSSR count). The average molecular weight is 276 g/mol. The first kappa shape index (κ1) is 11.9. The predicted molar refractivity (Wildman–Crippen MR) is 79.2 cm³/mol. The largest absolute Gasteiger partial charge is 0.508 e. The van der Waals surface area contributed by atoms with E-state index in [0.29, 0.717) is 11.3 Å². The van der Waals surface area contributed by atoms with Gasteiger partial charge in [-0.15, -0.1) is 0 Å². The van der Waals surface area contributed by atoms with Crippen LogP contribution < -0.4 is 0 Å². The van der Waals surface area contributed by atoms with Crippen LogP contribution in [0.1, 0.15) is 15.9 Å². The number of rotatable bonds is 1. The van der Waals surface area contributed by atoms with E-state index in [-0.39, 0.29) is 11.5 Å². The Balaban J connectivity index is 1.99. The van der Waals surface area contributed by atoms with Gasteiger partial charge in [-0.25, -0.2) is 0 Å². The molecular formula is C17H12N2O2. The highest BCUT2D eigenvalue weighted by Gasteiger charge is 2.33. The molecule has 0 radical (unpaired) electrons. The highest BCUT2D eigenvalue weighted by atomic mass is 16.3. The lowest BCUT2D eigenvalue weighted by Crippen LogP contribution is -1.98. The summed E-state index contributed by atoms with van der Waals surface area (Å²) in [4.78, 5) is 12.7. The zero-order valence-corrected chi connectivity index (χ0v) is 11.4. The second-order valence-corrected chi connectivity index (χ2v) is 5.12. The highest BCUT2D eigenvalue weighted by molar-refractivity contribution is 6.23. The third-order valence-electron chi connectivity index (χ3n) is 3.84. The molecule has 0 atom stereocenters. The van der Waals surface area contributed by atoms with E-state index >= 15 is 0 Å². The summed E-state index contributed by atoms with van der Waals surface area (Å²) in [7, 11) is 1.85. The summed E-state index contributed by atoms with van der Waals surface area (Å²) in [6.45, 7) is 0. The van der Waals surface area contributed by atoms with Crippen molar-refractivity contribution in [1.29, 1.82) is 0 Å². The van der Waals surface area contributed by atoms with Crippen molar-refractivity contribution in [2.24, 2.45) is 7.05 Å². The van der Waals surface area contributed by atoms with Gasteiger partial charge in [0.05, 0.1) is 11.3 Å². The van der Waals surface area contributed by atoms with Crippen molar-refractivity contribution in [1.82, 2.24) is 9.78 Å². The van der Waals surface area contributed by atoms with Gasteiger partial charge in [-0.1, -0.05) is 24.3 Å². The fourth-order valence-electron chi connectivity index (χ4n) is 2.89. The van der Waals surface area contributed by atoms with Crippen LogP contribution in [-0.4, -0.2) is 20.7 Å². The number of phenolic OH excluding ortho intramolecular Hbond substituents is 1. The van der Waals surface area contributed by atoms with Crippen LogP contribution in [0.15, 0.2) is 48.5 Å². The first-order valence-corrected chi connectivity index (χ1v) is 6.67. The average Bonchev–Trinajstić information content (AvgIpc) is 2.98. The lowest BCUT2D eigenvalue weighted by molar-refractivity contribution is 0.104. The lowest BCUT2D eigenvalue weighted by atomic mass is 10.0. The van der Waals surface area contributed by atoms with E-state index < -0.39 is 0 Å². The molecule has 0 bridgehead atoms. The predicted octanol–water partition coefficient (Wildman–Crippen LogP) is 3.00. The summed E-state index contributed by atoms with van der Waals surface area (Å²) >= 11 is 0. The van der Waals surface area contributed by atoms with E-state index in [4.69, 9.17) is 0 Å². The van der Waals surface area contributed by atoms with E-state index in [2.05, 4.69) is 5.10 Å². The third-order valence-corrected chi connectivity index (χ3v) is 3.84. The number of aryl methyl sites for hydroxylation is 1. The summed E-state index contributed by atoms with van der Waals surface area (Å²) in [5.74, 6) is 0.206. The van der Waals surface area contributed by atoms with Gasteiger partial charge in [-0.3, -0.25) is 9.48 Å². The smallest absolute Gasteiger partial charge is 0.198 e. The van der Waals surface area contributed by atoms with Gasteiger partial charge in [0.15, 0.2) is 5.78 Å². The number of benzene rings is 2. The number of fused-ring (bicyclic) bond motifs is 3. The molecule has 21 heavy (non-hydrogen) atoms. The normalized spacial score (nSPS) is 12.3. The summed E-state index contributed by atoms with van der Waals surface area (Å²) in [6, 6.07) is 14.3. The summed E-state index contributed by atoms with van der Waals surface area (Å²) < 4.78 is 1.75. The van der Waals surface area contributed by atoms with Crippen LogP contribution in [0, 0.1) is 0 Å². The molecule has 1 heterocycles. The number of aromatic hydroxyl groups is 1. The Morgan fingerprint density at radius 1 is 1.00 bits per heavy atom. The molecule has 0 saturated carbocycles. The first-order valence-electron chi connectivity index (χ1n) is 6.67. The van der Waals surface area contributed by atoms with Crippen LogP contribution in [0.4, 0.5) is 0 Å². The molecule has 0 unspecified atom stereocenters. The van der Waals surface area contributed by atoms with Crippen LogP contribution in [-0.2, 0) is 7.05 Å². The molecule has 102 valence electrons. The highest BCUT2D eigenvalue weighted by Crippen LogP contribution is 2.41. The second kappa shape index (κ2) is 4.06. The maximum absolute atomic E-state index is 12.7. The van der Waals surface area contributed by atoms with Crippen molar-refractivity contribution in [2.45, 2.75) is 0 Å². The van der Waals surface area contributed by atoms with Crippen molar-refractivity contribution >= 4 is 5.78 Å². The molecule has 4 heteroatoms. The van der Waals surface area contributed by atoms with E-state index in [9.17, 15) is 9.90 Å². The van der Waals surface area contributed by atoms with Gasteiger partial charge in [0.25, 0.3) is 0 Å². The van der Waals surface area contributed by atoms with Gasteiger partial charge >= 0.3 is 0 Å². The summed E-state index contributed by atoms with van der Waals surface area (Å²) in [6.07, 6.45) is 0. The fourth-order valence-corrected chi connectivity index (χ4v) is 2.89. The number of phenols is 1. The minimum absolute atomic E-state index is 0.0109. The molecule has 1 N–H and O–H groups in total. The quantitative estimate of drug-likeness (QED) is 0.581. The van der Waals surface area contributed by atoms with Crippen LogP contribution >= 0.6 is 0 Å². The molecule has 1 aromatic heterocycles. The third kappa shape index (κ3) is 1.56. The summed E-state index contributed by atoms with van der Waals surface area (Å²) in [5.41, 5.74) is 4.64. The molecule has 0 spiro atoms. The molecule has 4 nitrogen and oxygen atoms in total. The fraction of sp³-hybridized carbons (Fsp3) is 0.0588. The number of hydrogen-bond acceptors (Lipinski definition) is 3. The second-order valence-electron chi connectivity index (χ2n) is 5.12. The lowest BCUT2D eigenvalue weighted by Gasteiger charge is -2.01.